The van der Waals surface area contributed by atoms with E-state index in [0.717, 1.165) is 31.6 Å². The minimum atomic E-state index is -4.43. The lowest BCUT2D eigenvalue weighted by Crippen LogP contribution is -2.38. The Labute approximate surface area is 149 Å². The Morgan fingerprint density at radius 1 is 1.31 bits per heavy atom. The lowest BCUT2D eigenvalue weighted by atomic mass is 10.1. The van der Waals surface area contributed by atoms with Crippen LogP contribution in [-0.4, -0.2) is 42.0 Å². The van der Waals surface area contributed by atoms with Gasteiger partial charge in [-0.2, -0.15) is 13.2 Å². The third-order valence-electron chi connectivity index (χ3n) is 4.39. The highest BCUT2D eigenvalue weighted by atomic mass is 19.4. The van der Waals surface area contributed by atoms with Crippen molar-refractivity contribution in [2.75, 3.05) is 25.5 Å². The first kappa shape index (κ1) is 18.2. The third kappa shape index (κ3) is 3.96. The minimum Gasteiger partial charge on any atom is -0.340 e. The molecule has 0 radical (unpaired) electrons. The molecule has 1 aliphatic heterocycles. The maximum absolute atomic E-state index is 12.9. The van der Waals surface area contributed by atoms with Crippen molar-refractivity contribution in [3.63, 3.8) is 0 Å². The van der Waals surface area contributed by atoms with Crippen molar-refractivity contribution in [1.82, 2.24) is 15.2 Å². The second kappa shape index (κ2) is 7.33. The van der Waals surface area contributed by atoms with Crippen molar-refractivity contribution in [3.8, 4) is 0 Å². The van der Waals surface area contributed by atoms with Crippen LogP contribution in [0.5, 0.6) is 0 Å². The van der Waals surface area contributed by atoms with E-state index in [-0.39, 0.29) is 23.5 Å². The molecule has 0 spiro atoms. The number of hydrogen-bond donors (Lipinski definition) is 2. The number of aromatic nitrogens is 1. The zero-order chi connectivity index (χ0) is 18.7. The van der Waals surface area contributed by atoms with E-state index in [1.165, 1.54) is 18.3 Å². The van der Waals surface area contributed by atoms with Crippen molar-refractivity contribution >= 4 is 17.4 Å². The van der Waals surface area contributed by atoms with E-state index in [1.807, 2.05) is 0 Å². The number of pyridine rings is 1. The number of alkyl halides is 3. The Morgan fingerprint density at radius 3 is 2.81 bits per heavy atom. The van der Waals surface area contributed by atoms with Crippen LogP contribution in [-0.2, 0) is 6.18 Å². The van der Waals surface area contributed by atoms with Crippen LogP contribution in [0.4, 0.5) is 24.7 Å². The Morgan fingerprint density at radius 2 is 2.12 bits per heavy atom. The van der Waals surface area contributed by atoms with Gasteiger partial charge in [0.15, 0.2) is 0 Å². The Hall–Kier alpha value is -2.61. The maximum atomic E-state index is 12.9. The summed E-state index contributed by atoms with van der Waals surface area (Å²) in [5.74, 6) is 0.0101. The molecule has 8 heteroatoms. The molecular formula is C18H19F3N4O. The number of carbonyl (C=O) groups excluding carboxylic acids is 1. The first-order valence-electron chi connectivity index (χ1n) is 8.23. The predicted octanol–water partition coefficient (Wildman–Crippen LogP) is 3.28. The lowest BCUT2D eigenvalue weighted by Gasteiger charge is -2.24. The fourth-order valence-corrected chi connectivity index (χ4v) is 2.91. The van der Waals surface area contributed by atoms with Gasteiger partial charge >= 0.3 is 6.18 Å². The van der Waals surface area contributed by atoms with Crippen molar-refractivity contribution in [2.24, 2.45) is 0 Å². The van der Waals surface area contributed by atoms with E-state index in [9.17, 15) is 18.0 Å². The summed E-state index contributed by atoms with van der Waals surface area (Å²) < 4.78 is 38.6. The Balaban J connectivity index is 1.84. The van der Waals surface area contributed by atoms with Gasteiger partial charge in [-0.1, -0.05) is 6.07 Å². The summed E-state index contributed by atoms with van der Waals surface area (Å²) in [5.41, 5.74) is -0.225. The standard InChI is InChI=1S/C18H19F3N4O/c1-25(14-7-9-22-11-14)17(26)15-6-3-8-23-16(15)24-13-5-2-4-12(10-13)18(19,20)21/h2-6,8,10,14,22H,7,9,11H2,1H3,(H,23,24). The molecule has 1 atom stereocenters. The van der Waals surface area contributed by atoms with E-state index in [2.05, 4.69) is 15.6 Å². The molecule has 1 fully saturated rings. The third-order valence-corrected chi connectivity index (χ3v) is 4.39. The normalized spacial score (nSPS) is 17.2. The Kier molecular flexibility index (Phi) is 5.13. The molecule has 3 rings (SSSR count). The largest absolute Gasteiger partial charge is 0.416 e. The summed E-state index contributed by atoms with van der Waals surface area (Å²) >= 11 is 0. The summed E-state index contributed by atoms with van der Waals surface area (Å²) in [6.07, 6.45) is -2.08. The molecule has 2 N–H and O–H groups in total. The fraction of sp³-hybridized carbons (Fsp3) is 0.333. The van der Waals surface area contributed by atoms with Gasteiger partial charge in [-0.15, -0.1) is 0 Å². The molecule has 5 nitrogen and oxygen atoms in total. The van der Waals surface area contributed by atoms with Crippen LogP contribution in [0.2, 0.25) is 0 Å². The number of likely N-dealkylation sites (N-methyl/N-ethyl adjacent to an activating group) is 1. The number of nitrogens with one attached hydrogen (secondary N) is 2. The molecule has 1 aromatic carbocycles. The molecule has 1 aliphatic rings. The van der Waals surface area contributed by atoms with Crippen LogP contribution in [0.15, 0.2) is 42.6 Å². The molecule has 138 valence electrons. The van der Waals surface area contributed by atoms with Gasteiger partial charge in [0.2, 0.25) is 0 Å². The smallest absolute Gasteiger partial charge is 0.340 e. The van der Waals surface area contributed by atoms with E-state index < -0.39 is 11.7 Å². The molecule has 1 amide bonds. The first-order valence-corrected chi connectivity index (χ1v) is 8.23. The van der Waals surface area contributed by atoms with E-state index in [4.69, 9.17) is 0 Å². The van der Waals surface area contributed by atoms with E-state index >= 15 is 0 Å². The van der Waals surface area contributed by atoms with Crippen LogP contribution in [0, 0.1) is 0 Å². The number of rotatable bonds is 4. The highest BCUT2D eigenvalue weighted by Crippen LogP contribution is 2.31. The van der Waals surface area contributed by atoms with Gasteiger partial charge in [0, 0.05) is 31.5 Å². The molecule has 1 saturated heterocycles. The molecule has 0 saturated carbocycles. The quantitative estimate of drug-likeness (QED) is 0.874. The Bertz CT molecular complexity index is 788. The number of amides is 1. The van der Waals surface area contributed by atoms with Crippen molar-refractivity contribution in [3.05, 3.63) is 53.7 Å². The van der Waals surface area contributed by atoms with Crippen molar-refractivity contribution < 1.29 is 18.0 Å². The van der Waals surface area contributed by atoms with E-state index in [0.29, 0.717) is 5.56 Å². The predicted molar refractivity (Wildman–Crippen MR) is 92.3 cm³/mol. The van der Waals surface area contributed by atoms with Gasteiger partial charge in [0.25, 0.3) is 5.91 Å². The molecule has 2 heterocycles. The topological polar surface area (TPSA) is 57.3 Å². The van der Waals surface area contributed by atoms with Gasteiger partial charge in [0.05, 0.1) is 11.1 Å². The van der Waals surface area contributed by atoms with Gasteiger partial charge in [-0.25, -0.2) is 4.98 Å². The van der Waals surface area contributed by atoms with Gasteiger partial charge in [0.1, 0.15) is 5.82 Å². The van der Waals surface area contributed by atoms with Crippen molar-refractivity contribution in [2.45, 2.75) is 18.6 Å². The van der Waals surface area contributed by atoms with Crippen LogP contribution in [0.3, 0.4) is 0 Å². The SMILES string of the molecule is CN(C(=O)c1cccnc1Nc1cccc(C(F)(F)F)c1)C1CCNC1. The molecule has 0 aliphatic carbocycles. The highest BCUT2D eigenvalue weighted by molar-refractivity contribution is 5.99. The molecule has 0 bridgehead atoms. The number of anilines is 2. The van der Waals surface area contributed by atoms with Gasteiger partial charge in [-0.3, -0.25) is 4.79 Å². The monoisotopic (exact) mass is 364 g/mol. The van der Waals surface area contributed by atoms with Gasteiger partial charge < -0.3 is 15.5 Å². The molecule has 1 unspecified atom stereocenters. The number of benzene rings is 1. The summed E-state index contributed by atoms with van der Waals surface area (Å²) in [6.45, 7) is 1.57. The van der Waals surface area contributed by atoms with E-state index in [1.54, 1.807) is 24.1 Å². The summed E-state index contributed by atoms with van der Waals surface area (Å²) in [4.78, 5) is 18.6. The highest BCUT2D eigenvalue weighted by Gasteiger charge is 2.30. The fourth-order valence-electron chi connectivity index (χ4n) is 2.91. The second-order valence-electron chi connectivity index (χ2n) is 6.17. The minimum absolute atomic E-state index is 0.0871. The number of halogens is 3. The average molecular weight is 364 g/mol. The molecule has 2 aromatic rings. The molecular weight excluding hydrogens is 345 g/mol. The van der Waals surface area contributed by atoms with Crippen molar-refractivity contribution in [1.29, 1.82) is 0 Å². The molecule has 26 heavy (non-hydrogen) atoms. The lowest BCUT2D eigenvalue weighted by molar-refractivity contribution is -0.137. The van der Waals surface area contributed by atoms with Crippen LogP contribution in [0.1, 0.15) is 22.3 Å². The second-order valence-corrected chi connectivity index (χ2v) is 6.17. The molecule has 1 aromatic heterocycles. The maximum Gasteiger partial charge on any atom is 0.416 e. The number of carbonyl (C=O) groups is 1. The number of hydrogen-bond acceptors (Lipinski definition) is 4. The van der Waals surface area contributed by atoms with Crippen LogP contribution < -0.4 is 10.6 Å². The van der Waals surface area contributed by atoms with Gasteiger partial charge in [-0.05, 0) is 43.3 Å². The summed E-state index contributed by atoms with van der Waals surface area (Å²) in [7, 11) is 1.72. The van der Waals surface area contributed by atoms with Crippen LogP contribution in [0.25, 0.3) is 0 Å². The zero-order valence-corrected chi connectivity index (χ0v) is 14.2. The van der Waals surface area contributed by atoms with Crippen LogP contribution >= 0.6 is 0 Å². The average Bonchev–Trinajstić information content (AvgIpc) is 3.15. The first-order chi connectivity index (χ1) is 12.4. The zero-order valence-electron chi connectivity index (χ0n) is 14.2. The summed E-state index contributed by atoms with van der Waals surface area (Å²) in [5, 5.41) is 6.04. The number of nitrogens with zero attached hydrogens (tertiary/aromatic N) is 2. The summed E-state index contributed by atoms with van der Waals surface area (Å²) in [6, 6.07) is 8.14.